The van der Waals surface area contributed by atoms with Crippen LogP contribution in [-0.4, -0.2) is 23.3 Å². The molecule has 0 spiro atoms. The molecule has 0 saturated heterocycles. The molecule has 0 atom stereocenters. The second kappa shape index (κ2) is 6.46. The first kappa shape index (κ1) is 17.1. The summed E-state index contributed by atoms with van der Waals surface area (Å²) in [7, 11) is 1.30. The van der Waals surface area contributed by atoms with Gasteiger partial charge < -0.3 is 4.74 Å². The number of methoxy groups -OCH3 is 1. The minimum Gasteiger partial charge on any atom is -0.464 e. The number of hydrogen-bond donors (Lipinski definition) is 1. The first-order valence-corrected chi connectivity index (χ1v) is 8.40. The van der Waals surface area contributed by atoms with Crippen LogP contribution in [0.15, 0.2) is 54.6 Å². The highest BCUT2D eigenvalue weighted by Crippen LogP contribution is 2.41. The van der Waals surface area contributed by atoms with Crippen molar-refractivity contribution in [2.24, 2.45) is 0 Å². The van der Waals surface area contributed by atoms with Crippen LogP contribution in [0.3, 0.4) is 0 Å². The van der Waals surface area contributed by atoms with Crippen LogP contribution in [0.5, 0.6) is 0 Å². The monoisotopic (exact) mass is 366 g/mol. The summed E-state index contributed by atoms with van der Waals surface area (Å²) in [6.45, 7) is 0. The van der Waals surface area contributed by atoms with Crippen molar-refractivity contribution in [1.82, 2.24) is 10.2 Å². The van der Waals surface area contributed by atoms with E-state index in [9.17, 15) is 13.6 Å². The Bertz CT molecular complexity index is 976. The number of hydrogen-bond acceptors (Lipinski definition) is 3. The Kier molecular flexibility index (Phi) is 4.11. The van der Waals surface area contributed by atoms with Gasteiger partial charge in [-0.25, -0.2) is 13.6 Å². The van der Waals surface area contributed by atoms with Crippen molar-refractivity contribution in [2.75, 3.05) is 7.11 Å². The molecule has 3 aromatic rings. The third-order valence-electron chi connectivity index (χ3n) is 4.97. The van der Waals surface area contributed by atoms with Crippen molar-refractivity contribution in [3.63, 3.8) is 0 Å². The first-order chi connectivity index (χ1) is 13.0. The highest BCUT2D eigenvalue weighted by Gasteiger charge is 2.37. The maximum atomic E-state index is 13.5. The zero-order chi connectivity index (χ0) is 19.0. The molecule has 1 aliphatic carbocycles. The lowest BCUT2D eigenvalue weighted by Gasteiger charge is -2.34. The van der Waals surface area contributed by atoms with Gasteiger partial charge in [-0.3, -0.25) is 5.10 Å². The van der Waals surface area contributed by atoms with Crippen LogP contribution in [0.1, 0.15) is 32.9 Å². The van der Waals surface area contributed by atoms with Crippen molar-refractivity contribution in [1.29, 1.82) is 0 Å². The number of H-pyrrole nitrogens is 1. The number of nitrogens with one attached hydrogen (secondary N) is 1. The number of benzene rings is 2. The molecule has 0 bridgehead atoms. The summed E-state index contributed by atoms with van der Waals surface area (Å²) in [5.41, 5.74) is 2.70. The Labute approximate surface area is 154 Å². The molecule has 0 unspecified atom stereocenters. The van der Waals surface area contributed by atoms with E-state index in [4.69, 9.17) is 4.74 Å². The van der Waals surface area contributed by atoms with Crippen molar-refractivity contribution in [3.05, 3.63) is 94.3 Å². The smallest absolute Gasteiger partial charge is 0.359 e. The predicted octanol–water partition coefficient (Wildman–Crippen LogP) is 4.03. The highest BCUT2D eigenvalue weighted by molar-refractivity contribution is 5.92. The Morgan fingerprint density at radius 2 is 1.59 bits per heavy atom. The summed E-state index contributed by atoms with van der Waals surface area (Å²) >= 11 is 0. The van der Waals surface area contributed by atoms with Crippen molar-refractivity contribution in [2.45, 2.75) is 11.8 Å². The van der Waals surface area contributed by atoms with Gasteiger partial charge in [0.25, 0.3) is 0 Å². The van der Waals surface area contributed by atoms with E-state index in [0.29, 0.717) is 12.0 Å². The SMILES string of the molecule is COC(=O)c1n[nH]c2c1C=CC(c1ccc(F)cc1)(c1ccc(F)cc1)C2. The van der Waals surface area contributed by atoms with E-state index < -0.39 is 11.4 Å². The fourth-order valence-corrected chi connectivity index (χ4v) is 3.57. The minimum absolute atomic E-state index is 0.218. The molecule has 1 heterocycles. The van der Waals surface area contributed by atoms with Crippen LogP contribution in [-0.2, 0) is 16.6 Å². The third kappa shape index (κ3) is 2.83. The number of nitrogens with zero attached hydrogens (tertiary/aromatic N) is 1. The second-order valence-corrected chi connectivity index (χ2v) is 6.45. The normalized spacial score (nSPS) is 14.6. The van der Waals surface area contributed by atoms with Gasteiger partial charge in [-0.15, -0.1) is 0 Å². The maximum Gasteiger partial charge on any atom is 0.359 e. The number of ether oxygens (including phenoxy) is 1. The minimum atomic E-state index is -0.645. The van der Waals surface area contributed by atoms with Crippen LogP contribution < -0.4 is 0 Å². The average Bonchev–Trinajstić information content (AvgIpc) is 3.11. The molecule has 1 aliphatic rings. The third-order valence-corrected chi connectivity index (χ3v) is 4.97. The Balaban J connectivity index is 1.87. The van der Waals surface area contributed by atoms with Gasteiger partial charge in [0.2, 0.25) is 0 Å². The summed E-state index contributed by atoms with van der Waals surface area (Å²) < 4.78 is 31.7. The molecule has 1 aromatic heterocycles. The van der Waals surface area contributed by atoms with E-state index >= 15 is 0 Å². The zero-order valence-electron chi connectivity index (χ0n) is 14.5. The van der Waals surface area contributed by atoms with Crippen LogP contribution in [0.25, 0.3) is 6.08 Å². The molecule has 27 heavy (non-hydrogen) atoms. The molecule has 6 heteroatoms. The fraction of sp³-hybridized carbons (Fsp3) is 0.143. The largest absolute Gasteiger partial charge is 0.464 e. The standard InChI is InChI=1S/C21H16F2N2O2/c1-27-20(26)19-17-10-11-21(12-18(17)24-25-19,13-2-6-15(22)7-3-13)14-4-8-16(23)9-5-14/h2-11H,12H2,1H3,(H,24,25). The number of rotatable bonds is 3. The number of halogens is 2. The molecule has 0 saturated carbocycles. The first-order valence-electron chi connectivity index (χ1n) is 8.40. The van der Waals surface area contributed by atoms with E-state index in [-0.39, 0.29) is 17.3 Å². The van der Waals surface area contributed by atoms with Crippen molar-refractivity contribution in [3.8, 4) is 0 Å². The van der Waals surface area contributed by atoms with E-state index in [0.717, 1.165) is 16.8 Å². The molecule has 1 N–H and O–H groups in total. The van der Waals surface area contributed by atoms with Crippen molar-refractivity contribution < 1.29 is 18.3 Å². The summed E-state index contributed by atoms with van der Waals surface area (Å²) in [4.78, 5) is 11.9. The van der Waals surface area contributed by atoms with Gasteiger partial charge in [0, 0.05) is 23.1 Å². The molecule has 2 aromatic carbocycles. The predicted molar refractivity (Wildman–Crippen MR) is 96.2 cm³/mol. The highest BCUT2D eigenvalue weighted by atomic mass is 19.1. The quantitative estimate of drug-likeness (QED) is 0.712. The lowest BCUT2D eigenvalue weighted by Crippen LogP contribution is -2.30. The topological polar surface area (TPSA) is 55.0 Å². The lowest BCUT2D eigenvalue weighted by molar-refractivity contribution is 0.0593. The second-order valence-electron chi connectivity index (χ2n) is 6.45. The van der Waals surface area contributed by atoms with Gasteiger partial charge in [0.1, 0.15) is 11.6 Å². The van der Waals surface area contributed by atoms with E-state index in [2.05, 4.69) is 10.2 Å². The summed E-state index contributed by atoms with van der Waals surface area (Å²) in [6, 6.07) is 12.5. The molecule has 0 fully saturated rings. The van der Waals surface area contributed by atoms with E-state index in [1.54, 1.807) is 30.3 Å². The number of carbonyl (C=O) groups excluding carboxylic acids is 1. The summed E-state index contributed by atoms with van der Waals surface area (Å²) in [6.07, 6.45) is 4.21. The Hall–Kier alpha value is -3.28. The van der Waals surface area contributed by atoms with E-state index in [1.165, 1.54) is 31.4 Å². The van der Waals surface area contributed by atoms with Crippen LogP contribution >= 0.6 is 0 Å². The van der Waals surface area contributed by atoms with Crippen LogP contribution in [0.2, 0.25) is 0 Å². The molecule has 4 nitrogen and oxygen atoms in total. The number of carbonyl (C=O) groups is 1. The molecular weight excluding hydrogens is 350 g/mol. The maximum absolute atomic E-state index is 13.5. The van der Waals surface area contributed by atoms with Gasteiger partial charge >= 0.3 is 5.97 Å². The number of aromatic amines is 1. The molecule has 136 valence electrons. The van der Waals surface area contributed by atoms with Crippen LogP contribution in [0.4, 0.5) is 8.78 Å². The molecular formula is C21H16F2N2O2. The van der Waals surface area contributed by atoms with Gasteiger partial charge in [-0.1, -0.05) is 36.4 Å². The molecule has 0 amide bonds. The Morgan fingerprint density at radius 3 is 2.11 bits per heavy atom. The van der Waals surface area contributed by atoms with Gasteiger partial charge in [0.15, 0.2) is 5.69 Å². The Morgan fingerprint density at radius 1 is 1.04 bits per heavy atom. The molecule has 0 aliphatic heterocycles. The molecule has 4 rings (SSSR count). The molecule has 0 radical (unpaired) electrons. The average molecular weight is 366 g/mol. The summed E-state index contributed by atoms with van der Waals surface area (Å²) in [5.74, 6) is -1.18. The zero-order valence-corrected chi connectivity index (χ0v) is 14.5. The number of fused-ring (bicyclic) bond motifs is 1. The lowest BCUT2D eigenvalue weighted by atomic mass is 9.68. The summed E-state index contributed by atoms with van der Waals surface area (Å²) in [5, 5.41) is 6.99. The van der Waals surface area contributed by atoms with E-state index in [1.807, 2.05) is 6.08 Å². The fourth-order valence-electron chi connectivity index (χ4n) is 3.57. The van der Waals surface area contributed by atoms with Crippen molar-refractivity contribution >= 4 is 12.0 Å². The number of aromatic nitrogens is 2. The van der Waals surface area contributed by atoms with Gasteiger partial charge in [-0.05, 0) is 35.4 Å². The number of allylic oxidation sites excluding steroid dienone is 1. The number of esters is 1. The van der Waals surface area contributed by atoms with Gasteiger partial charge in [-0.2, -0.15) is 5.10 Å². The van der Waals surface area contributed by atoms with Gasteiger partial charge in [0.05, 0.1) is 7.11 Å². The van der Waals surface area contributed by atoms with Crippen LogP contribution in [0, 0.1) is 11.6 Å².